The van der Waals surface area contributed by atoms with Gasteiger partial charge in [-0.05, 0) is 53.2 Å². The lowest BCUT2D eigenvalue weighted by molar-refractivity contribution is -0.146. The maximum Gasteiger partial charge on any atom is 0.233 e. The predicted octanol–water partition coefficient (Wildman–Crippen LogP) is 6.84. The van der Waals surface area contributed by atoms with Gasteiger partial charge in [0.25, 0.3) is 0 Å². The largest absolute Gasteiger partial charge is 0.368 e. The highest BCUT2D eigenvalue weighted by molar-refractivity contribution is 6.03. The minimum absolute atomic E-state index is 0.00101. The summed E-state index contributed by atoms with van der Waals surface area (Å²) in [5.41, 5.74) is -0.243. The van der Waals surface area contributed by atoms with E-state index in [0.29, 0.717) is 6.42 Å². The predicted molar refractivity (Wildman–Crippen MR) is 130 cm³/mol. The van der Waals surface area contributed by atoms with Crippen molar-refractivity contribution in [3.63, 3.8) is 0 Å². The molecule has 0 radical (unpaired) electrons. The number of imide groups is 1. The van der Waals surface area contributed by atoms with Crippen LogP contribution in [0.5, 0.6) is 0 Å². The van der Waals surface area contributed by atoms with Gasteiger partial charge in [0.1, 0.15) is 0 Å². The van der Waals surface area contributed by atoms with Gasteiger partial charge in [0.2, 0.25) is 11.8 Å². The van der Waals surface area contributed by atoms with E-state index in [0.717, 1.165) is 25.7 Å². The quantitative estimate of drug-likeness (QED) is 0.236. The molecule has 2 fully saturated rings. The Hall–Kier alpha value is -1.32. The van der Waals surface area contributed by atoms with E-state index in [9.17, 15) is 9.59 Å². The van der Waals surface area contributed by atoms with E-state index in [4.69, 9.17) is 0 Å². The van der Waals surface area contributed by atoms with Gasteiger partial charge in [0.05, 0.1) is 0 Å². The monoisotopic (exact) mass is 432 g/mol. The average molecular weight is 433 g/mol. The summed E-state index contributed by atoms with van der Waals surface area (Å²) in [5.74, 6) is 0.0421. The van der Waals surface area contributed by atoms with Crippen LogP contribution in [0.15, 0.2) is 12.8 Å². The van der Waals surface area contributed by atoms with Gasteiger partial charge in [-0.1, -0.05) is 77.7 Å². The van der Waals surface area contributed by atoms with Crippen LogP contribution in [-0.2, 0) is 9.59 Å². The van der Waals surface area contributed by atoms with E-state index in [1.807, 2.05) is 6.20 Å². The Labute approximate surface area is 191 Å². The van der Waals surface area contributed by atoms with Crippen LogP contribution in [-0.4, -0.2) is 38.7 Å². The van der Waals surface area contributed by atoms with E-state index < -0.39 is 0 Å². The fourth-order valence-electron chi connectivity index (χ4n) is 6.12. The van der Waals surface area contributed by atoms with Crippen LogP contribution in [0.2, 0.25) is 0 Å². The van der Waals surface area contributed by atoms with Crippen molar-refractivity contribution in [3.8, 4) is 0 Å². The number of piperidine rings is 1. The second kappa shape index (κ2) is 11.5. The number of hydrogen-bond donors (Lipinski definition) is 0. The van der Waals surface area contributed by atoms with Crippen molar-refractivity contribution in [2.24, 2.45) is 5.92 Å². The number of unbranched alkanes of at least 4 members (excludes halogenated alkanes) is 9. The van der Waals surface area contributed by atoms with Crippen molar-refractivity contribution < 1.29 is 9.59 Å². The molecule has 2 rings (SSSR count). The van der Waals surface area contributed by atoms with Crippen LogP contribution < -0.4 is 0 Å². The molecule has 31 heavy (non-hydrogen) atoms. The SMILES string of the molecule is C=CN1C(C)(C)CC(N2C(=O)CC(CCCCCCCCCCCC)C2=O)CC1(C)C. The molecule has 0 aromatic heterocycles. The van der Waals surface area contributed by atoms with Gasteiger partial charge in [-0.25, -0.2) is 0 Å². The Balaban J connectivity index is 1.77. The first-order valence-corrected chi connectivity index (χ1v) is 12.9. The molecule has 1 unspecified atom stereocenters. The third-order valence-electron chi connectivity index (χ3n) is 7.50. The van der Waals surface area contributed by atoms with Gasteiger partial charge < -0.3 is 4.90 Å². The zero-order valence-electron chi connectivity index (χ0n) is 21.0. The van der Waals surface area contributed by atoms with Crippen molar-refractivity contribution >= 4 is 11.8 Å². The van der Waals surface area contributed by atoms with Crippen LogP contribution >= 0.6 is 0 Å². The first kappa shape index (κ1) is 25.9. The summed E-state index contributed by atoms with van der Waals surface area (Å²) in [6.07, 6.45) is 17.8. The third-order valence-corrected chi connectivity index (χ3v) is 7.50. The number of hydrogen-bond acceptors (Lipinski definition) is 3. The maximum absolute atomic E-state index is 13.2. The third kappa shape index (κ3) is 6.83. The molecule has 2 aliphatic heterocycles. The maximum atomic E-state index is 13.2. The summed E-state index contributed by atoms with van der Waals surface area (Å²) in [7, 11) is 0. The van der Waals surface area contributed by atoms with Gasteiger partial charge >= 0.3 is 0 Å². The summed E-state index contributed by atoms with van der Waals surface area (Å²) >= 11 is 0. The van der Waals surface area contributed by atoms with E-state index in [-0.39, 0.29) is 34.9 Å². The van der Waals surface area contributed by atoms with E-state index >= 15 is 0 Å². The summed E-state index contributed by atoms with van der Waals surface area (Å²) in [5, 5.41) is 0. The molecule has 2 amide bonds. The van der Waals surface area contributed by atoms with Gasteiger partial charge in [-0.15, -0.1) is 0 Å². The lowest BCUT2D eigenvalue weighted by Crippen LogP contribution is -2.62. The zero-order valence-corrected chi connectivity index (χ0v) is 21.0. The Morgan fingerprint density at radius 1 is 0.871 bits per heavy atom. The molecule has 178 valence electrons. The molecule has 0 N–H and O–H groups in total. The topological polar surface area (TPSA) is 40.6 Å². The van der Waals surface area contributed by atoms with Gasteiger partial charge in [0, 0.05) is 29.5 Å². The van der Waals surface area contributed by atoms with Crippen LogP contribution in [0, 0.1) is 5.92 Å². The molecule has 2 saturated heterocycles. The number of rotatable bonds is 13. The van der Waals surface area contributed by atoms with Crippen LogP contribution in [0.25, 0.3) is 0 Å². The first-order chi connectivity index (χ1) is 14.6. The molecule has 1 atom stereocenters. The zero-order chi connectivity index (χ0) is 23.1. The molecule has 4 nitrogen and oxygen atoms in total. The number of likely N-dealkylation sites (tertiary alicyclic amines) is 2. The molecule has 0 aromatic carbocycles. The van der Waals surface area contributed by atoms with E-state index in [1.165, 1.54) is 57.8 Å². The summed E-state index contributed by atoms with van der Waals surface area (Å²) < 4.78 is 0. The van der Waals surface area contributed by atoms with Crippen molar-refractivity contribution in [2.75, 3.05) is 0 Å². The Bertz CT molecular complexity index is 592. The second-order valence-electron chi connectivity index (χ2n) is 11.2. The van der Waals surface area contributed by atoms with E-state index in [1.54, 1.807) is 4.90 Å². The minimum atomic E-state index is -0.122. The molecule has 0 bridgehead atoms. The normalized spacial score (nSPS) is 23.6. The molecule has 0 aromatic rings. The molecule has 0 saturated carbocycles. The van der Waals surface area contributed by atoms with Crippen LogP contribution in [0.4, 0.5) is 0 Å². The first-order valence-electron chi connectivity index (χ1n) is 12.9. The Kier molecular flexibility index (Phi) is 9.64. The lowest BCUT2D eigenvalue weighted by Gasteiger charge is -2.56. The van der Waals surface area contributed by atoms with Crippen molar-refractivity contribution in [1.29, 1.82) is 0 Å². The van der Waals surface area contributed by atoms with Gasteiger partial charge in [-0.2, -0.15) is 0 Å². The Morgan fingerprint density at radius 3 is 1.84 bits per heavy atom. The number of nitrogens with zero attached hydrogens (tertiary/aromatic N) is 2. The summed E-state index contributed by atoms with van der Waals surface area (Å²) in [6.45, 7) is 15.0. The van der Waals surface area contributed by atoms with Crippen molar-refractivity contribution in [3.05, 3.63) is 12.8 Å². The minimum Gasteiger partial charge on any atom is -0.368 e. The molecule has 4 heteroatoms. The number of carbonyl (C=O) groups excluding carboxylic acids is 2. The summed E-state index contributed by atoms with van der Waals surface area (Å²) in [6, 6.07) is -0.00101. The van der Waals surface area contributed by atoms with Crippen molar-refractivity contribution in [2.45, 2.75) is 142 Å². The van der Waals surface area contributed by atoms with Gasteiger partial charge in [-0.3, -0.25) is 14.5 Å². The fourth-order valence-corrected chi connectivity index (χ4v) is 6.12. The highest BCUT2D eigenvalue weighted by Crippen LogP contribution is 2.42. The highest BCUT2D eigenvalue weighted by atomic mass is 16.2. The standard InChI is InChI=1S/C27H48N2O2/c1-7-9-10-11-12-13-14-15-16-17-18-22-19-24(30)29(25(22)31)23-20-26(3,4)28(8-2)27(5,6)21-23/h8,22-23H,2,7,9-21H2,1,3-6H3. The molecular weight excluding hydrogens is 384 g/mol. The second-order valence-corrected chi connectivity index (χ2v) is 11.2. The summed E-state index contributed by atoms with van der Waals surface area (Å²) in [4.78, 5) is 29.9. The fraction of sp³-hybridized carbons (Fsp3) is 0.852. The molecule has 0 spiro atoms. The lowest BCUT2D eigenvalue weighted by atomic mass is 9.76. The van der Waals surface area contributed by atoms with Crippen LogP contribution in [0.1, 0.15) is 125 Å². The van der Waals surface area contributed by atoms with E-state index in [2.05, 4.69) is 46.1 Å². The van der Waals surface area contributed by atoms with Gasteiger partial charge in [0.15, 0.2) is 0 Å². The number of carbonyl (C=O) groups is 2. The molecule has 2 aliphatic rings. The molecular formula is C27H48N2O2. The van der Waals surface area contributed by atoms with Crippen molar-refractivity contribution in [1.82, 2.24) is 9.80 Å². The molecule has 0 aliphatic carbocycles. The highest BCUT2D eigenvalue weighted by Gasteiger charge is 2.50. The van der Waals surface area contributed by atoms with Crippen LogP contribution in [0.3, 0.4) is 0 Å². The average Bonchev–Trinajstić information content (AvgIpc) is 2.95. The Morgan fingerprint density at radius 2 is 1.35 bits per heavy atom. The smallest absolute Gasteiger partial charge is 0.233 e. The molecule has 2 heterocycles. The number of amides is 2.